The van der Waals surface area contributed by atoms with Gasteiger partial charge in [0.25, 0.3) is 0 Å². The topological polar surface area (TPSA) is 40.5 Å². The van der Waals surface area contributed by atoms with Crippen molar-refractivity contribution in [2.45, 2.75) is 0 Å². The van der Waals surface area contributed by atoms with Gasteiger partial charge in [-0.15, -0.1) is 0 Å². The molecule has 0 atom stereocenters. The summed E-state index contributed by atoms with van der Waals surface area (Å²) in [5.74, 6) is 0.339. The molecule has 46 valence electrons. The van der Waals surface area contributed by atoms with Crippen molar-refractivity contribution in [3.63, 3.8) is 0 Å². The summed E-state index contributed by atoms with van der Waals surface area (Å²) in [5, 5.41) is 17.3. The van der Waals surface area contributed by atoms with E-state index in [4.69, 9.17) is 10.2 Å². The summed E-state index contributed by atoms with van der Waals surface area (Å²) in [6, 6.07) is 5.70. The Labute approximate surface area is 148 Å². The molecule has 0 saturated heterocycles. The molecule has 1 aromatic rings. The maximum atomic E-state index is 8.65. The second kappa shape index (κ2) is 7.73. The summed E-state index contributed by atoms with van der Waals surface area (Å²) in [6.07, 6.45) is 0. The number of benzene rings is 1. The van der Waals surface area contributed by atoms with E-state index in [1.807, 2.05) is 0 Å². The third kappa shape index (κ3) is 5.71. The minimum absolute atomic E-state index is 0. The Bertz CT molecular complexity index is 160. The van der Waals surface area contributed by atoms with Gasteiger partial charge in [-0.3, -0.25) is 0 Å². The van der Waals surface area contributed by atoms with Crippen molar-refractivity contribution >= 4 is 0 Å². The molecule has 0 radical (unpaired) electrons. The minimum Gasteiger partial charge on any atom is -1.00 e. The minimum atomic E-state index is 0. The first-order chi connectivity index (χ1) is 3.79. The fraction of sp³-hybridized carbons (Fsp3) is 0. The Hall–Kier alpha value is 2.09. The predicted molar refractivity (Wildman–Crippen MR) is 32.0 cm³/mol. The number of phenolic OH excluding ortho intramolecular Hbond substituents is 2. The fourth-order valence-corrected chi connectivity index (χ4v) is 0.453. The molecule has 4 heteroatoms. The van der Waals surface area contributed by atoms with Crippen LogP contribution in [0.5, 0.6) is 11.5 Å². The summed E-state index contributed by atoms with van der Waals surface area (Å²) in [7, 11) is 0. The predicted octanol–water partition coefficient (Wildman–Crippen LogP) is -4.67. The molecule has 0 heterocycles. The zero-order valence-electron chi connectivity index (χ0n) is 8.20. The molecule has 0 unspecified atom stereocenters. The molecule has 0 amide bonds. The van der Waals surface area contributed by atoms with Crippen molar-refractivity contribution in [1.29, 1.82) is 0 Å². The molecule has 1 aromatic carbocycles. The van der Waals surface area contributed by atoms with Crippen LogP contribution in [0.1, 0.15) is 2.85 Å². The largest absolute Gasteiger partial charge is 1.00 e. The Morgan fingerprint density at radius 1 is 0.800 bits per heavy atom. The van der Waals surface area contributed by atoms with Gasteiger partial charge in [0.1, 0.15) is 11.5 Å². The van der Waals surface area contributed by atoms with E-state index in [-0.39, 0.29) is 117 Å². The van der Waals surface area contributed by atoms with Gasteiger partial charge in [-0.1, -0.05) is 0 Å². The van der Waals surface area contributed by atoms with Crippen LogP contribution in [0, 0.1) is 0 Å². The van der Waals surface area contributed by atoms with E-state index in [1.54, 1.807) is 0 Å². The van der Waals surface area contributed by atoms with Crippen molar-refractivity contribution < 1.29 is 116 Å². The number of hydrogen-bond donors (Lipinski definition) is 2. The van der Waals surface area contributed by atoms with Gasteiger partial charge in [-0.25, -0.2) is 0 Å². The normalized spacial score (nSPS) is 7.20. The van der Waals surface area contributed by atoms with E-state index in [1.165, 1.54) is 24.3 Å². The first-order valence-electron chi connectivity index (χ1n) is 2.27. The van der Waals surface area contributed by atoms with Crippen LogP contribution in [-0.2, 0) is 0 Å². The molecule has 1 rings (SSSR count). The Balaban J connectivity index is -0.0000000800. The zero-order chi connectivity index (χ0) is 5.98. The zero-order valence-corrected chi connectivity index (χ0v) is 12.5. The molecule has 0 saturated carbocycles. The van der Waals surface area contributed by atoms with Gasteiger partial charge in [-0.05, 0) is 24.3 Å². The average molecular weight is 190 g/mol. The number of phenols is 2. The van der Waals surface area contributed by atoms with E-state index >= 15 is 0 Å². The average Bonchev–Trinajstić information content (AvgIpc) is 1.77. The van der Waals surface area contributed by atoms with Gasteiger partial charge in [0.05, 0.1) is 0 Å². The SMILES string of the molecule is Oc1ccc(O)cc1.[H-].[H-].[K+].[K+]. The van der Waals surface area contributed by atoms with Gasteiger partial charge in [-0.2, -0.15) is 0 Å². The molecular weight excluding hydrogens is 182 g/mol. The maximum Gasteiger partial charge on any atom is 1.00 e. The third-order valence-electron chi connectivity index (χ3n) is 0.850. The summed E-state index contributed by atoms with van der Waals surface area (Å²) in [6.45, 7) is 0. The molecule has 0 fully saturated rings. The number of hydrogen-bond acceptors (Lipinski definition) is 2. The Morgan fingerprint density at radius 2 is 1.00 bits per heavy atom. The molecule has 0 aromatic heterocycles. The molecule has 2 N–H and O–H groups in total. The second-order valence-electron chi connectivity index (χ2n) is 1.52. The Kier molecular flexibility index (Phi) is 11.3. The summed E-state index contributed by atoms with van der Waals surface area (Å²) >= 11 is 0. The Morgan fingerprint density at radius 3 is 1.20 bits per heavy atom. The van der Waals surface area contributed by atoms with E-state index in [0.29, 0.717) is 0 Å². The van der Waals surface area contributed by atoms with Crippen molar-refractivity contribution in [2.75, 3.05) is 0 Å². The number of aromatic hydroxyl groups is 2. The molecule has 0 aliphatic carbocycles. The smallest absolute Gasteiger partial charge is 1.00 e. The van der Waals surface area contributed by atoms with E-state index in [0.717, 1.165) is 0 Å². The van der Waals surface area contributed by atoms with Crippen LogP contribution in [0.3, 0.4) is 0 Å². The summed E-state index contributed by atoms with van der Waals surface area (Å²) < 4.78 is 0. The van der Waals surface area contributed by atoms with Crippen LogP contribution < -0.4 is 103 Å². The van der Waals surface area contributed by atoms with E-state index < -0.39 is 0 Å². The van der Waals surface area contributed by atoms with Crippen LogP contribution in [0.25, 0.3) is 0 Å². The number of rotatable bonds is 0. The van der Waals surface area contributed by atoms with Crippen LogP contribution >= 0.6 is 0 Å². The van der Waals surface area contributed by atoms with Crippen LogP contribution in [0.4, 0.5) is 0 Å². The fourth-order valence-electron chi connectivity index (χ4n) is 0.453. The van der Waals surface area contributed by atoms with Gasteiger partial charge < -0.3 is 13.1 Å². The van der Waals surface area contributed by atoms with Gasteiger partial charge in [0.2, 0.25) is 0 Å². The molecule has 2 nitrogen and oxygen atoms in total. The van der Waals surface area contributed by atoms with Crippen LogP contribution in [0.2, 0.25) is 0 Å². The molecular formula is C6H8K2O2. The quantitative estimate of drug-likeness (QED) is 0.319. The molecule has 0 aliphatic rings. The standard InChI is InChI=1S/C6H6O2.2K.2H/c7-5-1-2-6(8)4-3-5;;;;/h1-4,7-8H;;;;/q;2*+1;2*-1. The molecule has 0 spiro atoms. The molecule has 0 aliphatic heterocycles. The van der Waals surface area contributed by atoms with Crippen molar-refractivity contribution in [1.82, 2.24) is 0 Å². The first kappa shape index (κ1) is 14.6. The van der Waals surface area contributed by atoms with Crippen molar-refractivity contribution in [3.8, 4) is 11.5 Å². The first-order valence-corrected chi connectivity index (χ1v) is 2.27. The van der Waals surface area contributed by atoms with Crippen molar-refractivity contribution in [2.24, 2.45) is 0 Å². The molecule has 10 heavy (non-hydrogen) atoms. The van der Waals surface area contributed by atoms with E-state index in [2.05, 4.69) is 0 Å². The second-order valence-corrected chi connectivity index (χ2v) is 1.52. The van der Waals surface area contributed by atoms with E-state index in [9.17, 15) is 0 Å². The maximum absolute atomic E-state index is 8.65. The third-order valence-corrected chi connectivity index (χ3v) is 0.850. The molecule has 0 bridgehead atoms. The van der Waals surface area contributed by atoms with Crippen LogP contribution in [-0.4, -0.2) is 10.2 Å². The van der Waals surface area contributed by atoms with Gasteiger partial charge >= 0.3 is 103 Å². The summed E-state index contributed by atoms with van der Waals surface area (Å²) in [4.78, 5) is 0. The van der Waals surface area contributed by atoms with Gasteiger partial charge in [0, 0.05) is 0 Å². The monoisotopic (exact) mass is 190 g/mol. The van der Waals surface area contributed by atoms with Gasteiger partial charge in [0.15, 0.2) is 0 Å². The summed E-state index contributed by atoms with van der Waals surface area (Å²) in [5.41, 5.74) is 0. The van der Waals surface area contributed by atoms with Crippen LogP contribution in [0.15, 0.2) is 24.3 Å². The van der Waals surface area contributed by atoms with Crippen molar-refractivity contribution in [3.05, 3.63) is 24.3 Å².